The van der Waals surface area contributed by atoms with Crippen LogP contribution in [0, 0.1) is 0 Å². The number of carbonyl (C=O) groups is 1. The van der Waals surface area contributed by atoms with Gasteiger partial charge < -0.3 is 19.0 Å². The van der Waals surface area contributed by atoms with Crippen LogP contribution in [0.1, 0.15) is 24.4 Å². The van der Waals surface area contributed by atoms with E-state index in [1.807, 2.05) is 18.3 Å². The van der Waals surface area contributed by atoms with Crippen molar-refractivity contribution < 1.29 is 13.9 Å². The highest BCUT2D eigenvalue weighted by Gasteiger charge is 2.46. The average Bonchev–Trinajstić information content (AvgIpc) is 3.28. The molecule has 2 aromatic rings. The van der Waals surface area contributed by atoms with Gasteiger partial charge in [0.05, 0.1) is 19.4 Å². The third kappa shape index (κ3) is 2.63. The molecule has 0 radical (unpaired) electrons. The SMILES string of the molecule is CNC(=O)[C@H]1Cn2ccnc2C2(CCN(Cc3ccco3)CC2)O1. The molecule has 1 atom stereocenters. The van der Waals surface area contributed by atoms with Gasteiger partial charge in [-0.2, -0.15) is 0 Å². The number of likely N-dealkylation sites (N-methyl/N-ethyl adjacent to an activating group) is 1. The summed E-state index contributed by atoms with van der Waals surface area (Å²) in [5, 5.41) is 2.70. The Morgan fingerprint density at radius 2 is 2.29 bits per heavy atom. The quantitative estimate of drug-likeness (QED) is 0.913. The minimum atomic E-state index is -0.474. The molecule has 2 aliphatic rings. The zero-order valence-corrected chi connectivity index (χ0v) is 13.8. The second-order valence-electron chi connectivity index (χ2n) is 6.47. The van der Waals surface area contributed by atoms with E-state index in [2.05, 4.69) is 19.8 Å². The molecule has 24 heavy (non-hydrogen) atoms. The molecule has 1 N–H and O–H groups in total. The molecule has 0 aliphatic carbocycles. The van der Waals surface area contributed by atoms with Gasteiger partial charge in [-0.25, -0.2) is 4.98 Å². The van der Waals surface area contributed by atoms with Crippen LogP contribution in [0.3, 0.4) is 0 Å². The smallest absolute Gasteiger partial charge is 0.250 e. The zero-order chi connectivity index (χ0) is 16.6. The molecule has 0 aromatic carbocycles. The fourth-order valence-corrected chi connectivity index (χ4v) is 3.73. The molecule has 128 valence electrons. The molecule has 2 aromatic heterocycles. The van der Waals surface area contributed by atoms with Gasteiger partial charge in [0.25, 0.3) is 5.91 Å². The van der Waals surface area contributed by atoms with Crippen LogP contribution in [0.2, 0.25) is 0 Å². The highest BCUT2D eigenvalue weighted by Crippen LogP contribution is 2.40. The van der Waals surface area contributed by atoms with Crippen LogP contribution in [-0.4, -0.2) is 46.6 Å². The second-order valence-corrected chi connectivity index (χ2v) is 6.47. The molecule has 4 rings (SSSR count). The van der Waals surface area contributed by atoms with Gasteiger partial charge in [0.15, 0.2) is 6.10 Å². The Morgan fingerprint density at radius 3 is 3.00 bits per heavy atom. The van der Waals surface area contributed by atoms with Gasteiger partial charge in [-0.05, 0) is 25.0 Å². The first kappa shape index (κ1) is 15.4. The number of hydrogen-bond acceptors (Lipinski definition) is 5. The van der Waals surface area contributed by atoms with Crippen molar-refractivity contribution in [2.45, 2.75) is 37.6 Å². The van der Waals surface area contributed by atoms with Gasteiger partial charge in [0.1, 0.15) is 17.2 Å². The van der Waals surface area contributed by atoms with Crippen molar-refractivity contribution in [2.75, 3.05) is 20.1 Å². The fourth-order valence-electron chi connectivity index (χ4n) is 3.73. The molecule has 0 saturated carbocycles. The van der Waals surface area contributed by atoms with Gasteiger partial charge in [0.2, 0.25) is 0 Å². The summed E-state index contributed by atoms with van der Waals surface area (Å²) in [5.41, 5.74) is -0.474. The maximum absolute atomic E-state index is 12.1. The van der Waals surface area contributed by atoms with Gasteiger partial charge in [-0.3, -0.25) is 9.69 Å². The summed E-state index contributed by atoms with van der Waals surface area (Å²) in [6.07, 6.45) is 6.60. The number of nitrogens with one attached hydrogen (secondary N) is 1. The minimum absolute atomic E-state index is 0.0771. The van der Waals surface area contributed by atoms with E-state index in [0.29, 0.717) is 6.54 Å². The monoisotopic (exact) mass is 330 g/mol. The van der Waals surface area contributed by atoms with Crippen molar-refractivity contribution in [1.82, 2.24) is 19.8 Å². The third-order valence-corrected chi connectivity index (χ3v) is 5.02. The van der Waals surface area contributed by atoms with Crippen LogP contribution < -0.4 is 5.32 Å². The van der Waals surface area contributed by atoms with Crippen LogP contribution >= 0.6 is 0 Å². The highest BCUT2D eigenvalue weighted by molar-refractivity contribution is 5.80. The molecule has 0 bridgehead atoms. The molecular weight excluding hydrogens is 308 g/mol. The molecule has 7 heteroatoms. The molecule has 1 spiro atoms. The lowest BCUT2D eigenvalue weighted by Crippen LogP contribution is -2.53. The molecule has 1 amide bonds. The number of nitrogens with zero attached hydrogens (tertiary/aromatic N) is 3. The van der Waals surface area contributed by atoms with E-state index in [9.17, 15) is 4.79 Å². The van der Waals surface area contributed by atoms with Crippen molar-refractivity contribution >= 4 is 5.91 Å². The number of imidazole rings is 1. The number of aromatic nitrogens is 2. The number of carbonyl (C=O) groups excluding carboxylic acids is 1. The first-order valence-corrected chi connectivity index (χ1v) is 8.36. The van der Waals surface area contributed by atoms with Crippen molar-refractivity contribution in [3.8, 4) is 0 Å². The standard InChI is InChI=1S/C17H22N4O3/c1-18-15(22)14-12-21-9-6-19-16(21)17(24-14)4-7-20(8-5-17)11-13-3-2-10-23-13/h2-3,6,9-10,14H,4-5,7-8,11-12H2,1H3,(H,18,22)/t14-/m1/s1. The minimum Gasteiger partial charge on any atom is -0.468 e. The normalized spacial score (nSPS) is 23.1. The summed E-state index contributed by atoms with van der Waals surface area (Å²) in [6.45, 7) is 3.09. The van der Waals surface area contributed by atoms with Gasteiger partial charge in [0, 0.05) is 32.5 Å². The molecule has 7 nitrogen and oxygen atoms in total. The topological polar surface area (TPSA) is 72.5 Å². The average molecular weight is 330 g/mol. The van der Waals surface area contributed by atoms with E-state index in [0.717, 1.165) is 44.1 Å². The molecule has 0 unspecified atom stereocenters. The van der Waals surface area contributed by atoms with Crippen molar-refractivity contribution in [2.24, 2.45) is 0 Å². The third-order valence-electron chi connectivity index (χ3n) is 5.02. The maximum atomic E-state index is 12.1. The number of fused-ring (bicyclic) bond motifs is 2. The van der Waals surface area contributed by atoms with Crippen molar-refractivity contribution in [3.05, 3.63) is 42.4 Å². The largest absolute Gasteiger partial charge is 0.468 e. The Hall–Kier alpha value is -2.12. The van der Waals surface area contributed by atoms with Crippen LogP contribution in [0.5, 0.6) is 0 Å². The molecule has 1 fully saturated rings. The first-order chi connectivity index (χ1) is 11.7. The van der Waals surface area contributed by atoms with Gasteiger partial charge >= 0.3 is 0 Å². The summed E-state index contributed by atoms with van der Waals surface area (Å²) < 4.78 is 13.8. The zero-order valence-electron chi connectivity index (χ0n) is 13.8. The van der Waals surface area contributed by atoms with E-state index in [1.54, 1.807) is 19.5 Å². The van der Waals surface area contributed by atoms with Gasteiger partial charge in [-0.15, -0.1) is 0 Å². The van der Waals surface area contributed by atoms with Crippen molar-refractivity contribution in [1.29, 1.82) is 0 Å². The number of likely N-dealkylation sites (tertiary alicyclic amines) is 1. The maximum Gasteiger partial charge on any atom is 0.250 e. The Bertz CT molecular complexity index is 701. The van der Waals surface area contributed by atoms with Crippen LogP contribution in [0.4, 0.5) is 0 Å². The number of rotatable bonds is 3. The molecule has 4 heterocycles. The fraction of sp³-hybridized carbons (Fsp3) is 0.529. The Kier molecular flexibility index (Phi) is 3.90. The van der Waals surface area contributed by atoms with Crippen LogP contribution in [0.15, 0.2) is 35.2 Å². The summed E-state index contributed by atoms with van der Waals surface area (Å²) in [7, 11) is 1.65. The number of furan rings is 1. The molecule has 1 saturated heterocycles. The lowest BCUT2D eigenvalue weighted by molar-refractivity contribution is -0.173. The van der Waals surface area contributed by atoms with E-state index in [4.69, 9.17) is 9.15 Å². The van der Waals surface area contributed by atoms with E-state index in [-0.39, 0.29) is 5.91 Å². The predicted molar refractivity (Wildman–Crippen MR) is 86.1 cm³/mol. The Labute approximate surface area is 140 Å². The summed E-state index contributed by atoms with van der Waals surface area (Å²) >= 11 is 0. The van der Waals surface area contributed by atoms with Crippen LogP contribution in [0.25, 0.3) is 0 Å². The second kappa shape index (κ2) is 6.07. The Morgan fingerprint density at radius 1 is 1.46 bits per heavy atom. The number of ether oxygens (including phenoxy) is 1. The lowest BCUT2D eigenvalue weighted by atomic mass is 9.88. The van der Waals surface area contributed by atoms with E-state index in [1.165, 1.54) is 0 Å². The molecule has 2 aliphatic heterocycles. The van der Waals surface area contributed by atoms with Crippen molar-refractivity contribution in [3.63, 3.8) is 0 Å². The van der Waals surface area contributed by atoms with E-state index < -0.39 is 11.7 Å². The summed E-state index contributed by atoms with van der Waals surface area (Å²) in [6, 6.07) is 3.91. The predicted octanol–water partition coefficient (Wildman–Crippen LogP) is 1.11. The number of hydrogen-bond donors (Lipinski definition) is 1. The number of amides is 1. The van der Waals surface area contributed by atoms with E-state index >= 15 is 0 Å². The Balaban J connectivity index is 1.51. The van der Waals surface area contributed by atoms with Crippen LogP contribution in [-0.2, 0) is 28.2 Å². The highest BCUT2D eigenvalue weighted by atomic mass is 16.5. The molecular formula is C17H22N4O3. The first-order valence-electron chi connectivity index (χ1n) is 8.36. The lowest BCUT2D eigenvalue weighted by Gasteiger charge is -2.45. The summed E-state index contributed by atoms with van der Waals surface area (Å²) in [4.78, 5) is 19.0. The number of piperidine rings is 1. The van der Waals surface area contributed by atoms with Gasteiger partial charge in [-0.1, -0.05) is 0 Å². The summed E-state index contributed by atoms with van der Waals surface area (Å²) in [5.74, 6) is 1.84.